The smallest absolute Gasteiger partial charge is 0.244 e. The zero-order valence-corrected chi connectivity index (χ0v) is 15.1. The fraction of sp³-hybridized carbons (Fsp3) is 0.579. The van der Waals surface area contributed by atoms with Crippen LogP contribution in [0, 0.1) is 13.8 Å². The molecule has 2 atom stereocenters. The second-order valence-corrected chi connectivity index (χ2v) is 6.73. The van der Waals surface area contributed by atoms with Crippen molar-refractivity contribution in [1.82, 2.24) is 15.5 Å². The highest BCUT2D eigenvalue weighted by atomic mass is 16.5. The van der Waals surface area contributed by atoms with Crippen molar-refractivity contribution in [3.8, 4) is 17.1 Å². The van der Waals surface area contributed by atoms with Crippen LogP contribution in [-0.2, 0) is 0 Å². The molecule has 130 valence electrons. The van der Waals surface area contributed by atoms with Crippen molar-refractivity contribution < 1.29 is 9.26 Å². The quantitative estimate of drug-likeness (QED) is 0.884. The Morgan fingerprint density at radius 1 is 1.29 bits per heavy atom. The van der Waals surface area contributed by atoms with Crippen molar-refractivity contribution in [2.75, 3.05) is 6.54 Å². The van der Waals surface area contributed by atoms with Crippen molar-refractivity contribution in [2.24, 2.45) is 0 Å². The van der Waals surface area contributed by atoms with Crippen molar-refractivity contribution >= 4 is 0 Å². The maximum atomic E-state index is 6.04. The second kappa shape index (κ2) is 7.34. The van der Waals surface area contributed by atoms with Gasteiger partial charge in [-0.2, -0.15) is 4.98 Å². The summed E-state index contributed by atoms with van der Waals surface area (Å²) in [5.74, 6) is 2.31. The Labute approximate surface area is 143 Å². The molecule has 5 heteroatoms. The number of rotatable bonds is 5. The summed E-state index contributed by atoms with van der Waals surface area (Å²) in [6.07, 6.45) is 4.68. The van der Waals surface area contributed by atoms with Gasteiger partial charge in [-0.3, -0.25) is 0 Å². The second-order valence-electron chi connectivity index (χ2n) is 6.73. The number of nitrogens with zero attached hydrogens (tertiary/aromatic N) is 2. The van der Waals surface area contributed by atoms with Crippen LogP contribution in [0.15, 0.2) is 16.7 Å². The van der Waals surface area contributed by atoms with E-state index in [1.807, 2.05) is 0 Å². The molecule has 1 aromatic heterocycles. The van der Waals surface area contributed by atoms with Gasteiger partial charge in [-0.15, -0.1) is 0 Å². The van der Waals surface area contributed by atoms with Crippen LogP contribution in [0.1, 0.15) is 62.6 Å². The average molecular weight is 329 g/mol. The van der Waals surface area contributed by atoms with Gasteiger partial charge in [0.2, 0.25) is 11.7 Å². The Balaban J connectivity index is 1.83. The van der Waals surface area contributed by atoms with E-state index >= 15 is 0 Å². The number of piperidine rings is 1. The van der Waals surface area contributed by atoms with Crippen molar-refractivity contribution in [1.29, 1.82) is 0 Å². The zero-order chi connectivity index (χ0) is 17.1. The topological polar surface area (TPSA) is 60.2 Å². The molecule has 3 rings (SSSR count). The zero-order valence-electron chi connectivity index (χ0n) is 15.1. The Kier molecular flexibility index (Phi) is 5.19. The van der Waals surface area contributed by atoms with Crippen LogP contribution < -0.4 is 10.1 Å². The third-order valence-corrected chi connectivity index (χ3v) is 4.66. The molecule has 2 heterocycles. The minimum Gasteiger partial charge on any atom is -0.490 e. The molecular formula is C19H27N3O2. The van der Waals surface area contributed by atoms with E-state index in [1.54, 1.807) is 0 Å². The van der Waals surface area contributed by atoms with Gasteiger partial charge >= 0.3 is 0 Å². The molecule has 1 aliphatic heterocycles. The molecule has 0 bridgehead atoms. The molecule has 2 aromatic rings. The molecule has 2 unspecified atom stereocenters. The van der Waals surface area contributed by atoms with Gasteiger partial charge < -0.3 is 14.6 Å². The summed E-state index contributed by atoms with van der Waals surface area (Å²) in [5.41, 5.74) is 3.19. The lowest BCUT2D eigenvalue weighted by molar-refractivity contribution is 0.214. The predicted molar refractivity (Wildman–Crippen MR) is 94.2 cm³/mol. The van der Waals surface area contributed by atoms with Crippen molar-refractivity contribution in [3.63, 3.8) is 0 Å². The maximum Gasteiger partial charge on any atom is 0.244 e. The van der Waals surface area contributed by atoms with Gasteiger partial charge in [0.25, 0.3) is 0 Å². The van der Waals surface area contributed by atoms with Crippen LogP contribution in [0.25, 0.3) is 11.4 Å². The molecule has 1 aromatic carbocycles. The molecule has 1 aliphatic rings. The molecule has 0 aliphatic carbocycles. The fourth-order valence-electron chi connectivity index (χ4n) is 3.11. The first-order valence-electron chi connectivity index (χ1n) is 8.93. The number of aromatic nitrogens is 2. The molecule has 0 amide bonds. The van der Waals surface area contributed by atoms with E-state index < -0.39 is 0 Å². The molecule has 1 saturated heterocycles. The predicted octanol–water partition coefficient (Wildman–Crippen LogP) is 4.35. The summed E-state index contributed by atoms with van der Waals surface area (Å²) in [6.45, 7) is 9.37. The lowest BCUT2D eigenvalue weighted by Crippen LogP contribution is -2.26. The van der Waals surface area contributed by atoms with Gasteiger partial charge in [0.1, 0.15) is 5.75 Å². The van der Waals surface area contributed by atoms with Crippen LogP contribution in [0.3, 0.4) is 0 Å². The number of hydrogen-bond acceptors (Lipinski definition) is 5. The number of nitrogens with one attached hydrogen (secondary N) is 1. The SMILES string of the molecule is CCC(C)Oc1c(C)cc(-c2noc(C3CCCCN3)n2)cc1C. The van der Waals surface area contributed by atoms with Gasteiger partial charge in [-0.1, -0.05) is 18.5 Å². The minimum absolute atomic E-state index is 0.190. The van der Waals surface area contributed by atoms with Crippen molar-refractivity contribution in [2.45, 2.75) is 65.5 Å². The third-order valence-electron chi connectivity index (χ3n) is 4.66. The standard InChI is InChI=1S/C19H27N3O2/c1-5-14(4)23-17-12(2)10-15(11-13(17)3)18-21-19(24-22-18)16-8-6-7-9-20-16/h10-11,14,16,20H,5-9H2,1-4H3. The summed E-state index contributed by atoms with van der Waals surface area (Å²) < 4.78 is 11.5. The summed E-state index contributed by atoms with van der Waals surface area (Å²) in [4.78, 5) is 4.61. The number of benzene rings is 1. The fourth-order valence-corrected chi connectivity index (χ4v) is 3.11. The molecule has 0 radical (unpaired) electrons. The van der Waals surface area contributed by atoms with Gasteiger partial charge in [0, 0.05) is 5.56 Å². The van der Waals surface area contributed by atoms with E-state index in [0.29, 0.717) is 11.7 Å². The van der Waals surface area contributed by atoms with Gasteiger partial charge in [-0.25, -0.2) is 0 Å². The Hall–Kier alpha value is -1.88. The van der Waals surface area contributed by atoms with E-state index in [4.69, 9.17) is 9.26 Å². The van der Waals surface area contributed by atoms with E-state index in [9.17, 15) is 0 Å². The average Bonchev–Trinajstić information content (AvgIpc) is 3.08. The highest BCUT2D eigenvalue weighted by Gasteiger charge is 2.22. The molecule has 1 fully saturated rings. The lowest BCUT2D eigenvalue weighted by Gasteiger charge is -2.19. The van der Waals surface area contributed by atoms with E-state index in [0.717, 1.165) is 41.8 Å². The molecule has 5 nitrogen and oxygen atoms in total. The highest BCUT2D eigenvalue weighted by Crippen LogP contribution is 2.31. The number of aryl methyl sites for hydroxylation is 2. The molecule has 0 spiro atoms. The third kappa shape index (κ3) is 3.61. The first-order valence-corrected chi connectivity index (χ1v) is 8.93. The normalized spacial score (nSPS) is 19.2. The summed E-state index contributed by atoms with van der Waals surface area (Å²) >= 11 is 0. The number of hydrogen-bond donors (Lipinski definition) is 1. The largest absolute Gasteiger partial charge is 0.490 e. The van der Waals surface area contributed by atoms with E-state index in [2.05, 4.69) is 55.3 Å². The van der Waals surface area contributed by atoms with Gasteiger partial charge in [-0.05, 0) is 69.8 Å². The number of ether oxygens (including phenoxy) is 1. The Morgan fingerprint density at radius 2 is 2.04 bits per heavy atom. The Bertz CT molecular complexity index is 667. The van der Waals surface area contributed by atoms with E-state index in [-0.39, 0.29) is 12.1 Å². The minimum atomic E-state index is 0.190. The van der Waals surface area contributed by atoms with Gasteiger partial charge in [0.15, 0.2) is 0 Å². The molecule has 24 heavy (non-hydrogen) atoms. The highest BCUT2D eigenvalue weighted by molar-refractivity contribution is 5.61. The van der Waals surface area contributed by atoms with E-state index in [1.165, 1.54) is 12.8 Å². The maximum absolute atomic E-state index is 6.04. The first-order chi connectivity index (χ1) is 11.6. The van der Waals surface area contributed by atoms with Crippen LogP contribution in [0.4, 0.5) is 0 Å². The molecular weight excluding hydrogens is 302 g/mol. The molecule has 0 saturated carbocycles. The van der Waals surface area contributed by atoms with Crippen LogP contribution in [-0.4, -0.2) is 22.8 Å². The van der Waals surface area contributed by atoms with Gasteiger partial charge in [0.05, 0.1) is 12.1 Å². The summed E-state index contributed by atoms with van der Waals surface area (Å²) in [7, 11) is 0. The Morgan fingerprint density at radius 3 is 2.67 bits per heavy atom. The monoisotopic (exact) mass is 329 g/mol. The first kappa shape index (κ1) is 17.0. The van der Waals surface area contributed by atoms with Crippen molar-refractivity contribution in [3.05, 3.63) is 29.2 Å². The molecule has 1 N–H and O–H groups in total. The van der Waals surface area contributed by atoms with Crippen LogP contribution in [0.2, 0.25) is 0 Å². The summed E-state index contributed by atoms with van der Waals surface area (Å²) in [6, 6.07) is 4.34. The summed E-state index contributed by atoms with van der Waals surface area (Å²) in [5, 5.41) is 7.63. The lowest BCUT2D eigenvalue weighted by atomic mass is 10.0. The van der Waals surface area contributed by atoms with Crippen LogP contribution in [0.5, 0.6) is 5.75 Å². The van der Waals surface area contributed by atoms with Crippen LogP contribution >= 0.6 is 0 Å².